The van der Waals surface area contributed by atoms with Gasteiger partial charge in [0.15, 0.2) is 0 Å². The number of aromatic nitrogens is 2. The highest BCUT2D eigenvalue weighted by molar-refractivity contribution is 5.85. The van der Waals surface area contributed by atoms with Gasteiger partial charge in [0, 0.05) is 18.0 Å². The maximum Gasteiger partial charge on any atom is 0.128 e. The molecular weight excluding hydrogens is 512 g/mol. The van der Waals surface area contributed by atoms with Gasteiger partial charge >= 0.3 is 0 Å². The molecule has 4 aromatic carbocycles. The Kier molecular flexibility index (Phi) is 6.24. The molecule has 0 fully saturated rings. The lowest BCUT2D eigenvalue weighted by Crippen LogP contribution is -2.29. The number of fused-ring (bicyclic) bond motifs is 3. The van der Waals surface area contributed by atoms with Crippen LogP contribution in [0.2, 0.25) is 0 Å². The second-order valence-electron chi connectivity index (χ2n) is 11.9. The van der Waals surface area contributed by atoms with Crippen molar-refractivity contribution in [2.75, 3.05) is 0 Å². The molecule has 0 N–H and O–H groups in total. The van der Waals surface area contributed by atoms with E-state index in [1.54, 1.807) is 0 Å². The second kappa shape index (κ2) is 10.1. The van der Waals surface area contributed by atoms with E-state index in [1.807, 2.05) is 36.7 Å². The number of benzene rings is 4. The van der Waals surface area contributed by atoms with Crippen LogP contribution in [0.4, 0.5) is 0 Å². The zero-order chi connectivity index (χ0) is 28.7. The van der Waals surface area contributed by atoms with Gasteiger partial charge in [-0.15, -0.1) is 0 Å². The Hall–Kier alpha value is -5.02. The first-order valence-corrected chi connectivity index (χ1v) is 14.4. The van der Waals surface area contributed by atoms with Gasteiger partial charge in [-0.3, -0.25) is 9.97 Å². The third kappa shape index (κ3) is 4.29. The van der Waals surface area contributed by atoms with Crippen molar-refractivity contribution in [3.8, 4) is 33.9 Å². The molecule has 1 aliphatic carbocycles. The zero-order valence-electron chi connectivity index (χ0n) is 24.1. The van der Waals surface area contributed by atoms with Gasteiger partial charge in [0.1, 0.15) is 11.5 Å². The van der Waals surface area contributed by atoms with Crippen LogP contribution in [0.25, 0.3) is 22.4 Å². The molecule has 2 aromatic heterocycles. The van der Waals surface area contributed by atoms with E-state index in [4.69, 9.17) is 9.72 Å². The first-order valence-electron chi connectivity index (χ1n) is 14.4. The van der Waals surface area contributed by atoms with Crippen molar-refractivity contribution in [2.24, 2.45) is 0 Å². The van der Waals surface area contributed by atoms with Crippen LogP contribution in [-0.4, -0.2) is 9.97 Å². The van der Waals surface area contributed by atoms with Crippen molar-refractivity contribution in [1.82, 2.24) is 9.97 Å². The monoisotopic (exact) mass is 544 g/mol. The van der Waals surface area contributed by atoms with Crippen molar-refractivity contribution in [1.29, 1.82) is 0 Å². The molecule has 0 atom stereocenters. The summed E-state index contributed by atoms with van der Waals surface area (Å²) in [5.74, 6) is 1.55. The van der Waals surface area contributed by atoms with Gasteiger partial charge in [-0.05, 0) is 87.3 Å². The molecule has 0 saturated carbocycles. The minimum atomic E-state index is -0.563. The quantitative estimate of drug-likeness (QED) is 0.216. The first kappa shape index (κ1) is 25.9. The standard InChI is InChI=1S/C39H32N2O/c1-38(2,3)28-21-23-40-36(26-28)27-12-10-14-30(24-27)42-31-15-11-13-29(25-31)39(37-20-8-9-22-41-37)34-18-6-4-16-32(34)33-17-5-7-19-35(33)39/h4-26H,1-3H3. The normalized spacial score (nSPS) is 13.3. The molecule has 3 nitrogen and oxygen atoms in total. The lowest BCUT2D eigenvalue weighted by Gasteiger charge is -2.32. The lowest BCUT2D eigenvalue weighted by molar-refractivity contribution is 0.481. The second-order valence-corrected chi connectivity index (χ2v) is 11.9. The Labute approximate surface area is 247 Å². The summed E-state index contributed by atoms with van der Waals surface area (Å²) in [5.41, 5.74) is 9.75. The fourth-order valence-electron chi connectivity index (χ4n) is 6.26. The van der Waals surface area contributed by atoms with Crippen molar-refractivity contribution in [3.63, 3.8) is 0 Å². The molecule has 0 bridgehead atoms. The van der Waals surface area contributed by atoms with E-state index in [0.717, 1.165) is 34.0 Å². The van der Waals surface area contributed by atoms with E-state index in [0.29, 0.717) is 0 Å². The van der Waals surface area contributed by atoms with Gasteiger partial charge in [0.05, 0.1) is 16.8 Å². The molecule has 7 rings (SSSR count). The third-order valence-corrected chi connectivity index (χ3v) is 8.26. The van der Waals surface area contributed by atoms with Gasteiger partial charge < -0.3 is 4.74 Å². The molecular formula is C39H32N2O. The molecule has 3 heteroatoms. The summed E-state index contributed by atoms with van der Waals surface area (Å²) in [4.78, 5) is 9.60. The van der Waals surface area contributed by atoms with Crippen LogP contribution in [0.5, 0.6) is 11.5 Å². The molecule has 0 aliphatic heterocycles. The summed E-state index contributed by atoms with van der Waals surface area (Å²) >= 11 is 0. The largest absolute Gasteiger partial charge is 0.457 e. The topological polar surface area (TPSA) is 35.0 Å². The molecule has 0 unspecified atom stereocenters. The van der Waals surface area contributed by atoms with Crippen LogP contribution >= 0.6 is 0 Å². The van der Waals surface area contributed by atoms with E-state index in [1.165, 1.54) is 27.8 Å². The molecule has 0 saturated heterocycles. The smallest absolute Gasteiger partial charge is 0.128 e. The summed E-state index contributed by atoms with van der Waals surface area (Å²) in [5, 5.41) is 0. The van der Waals surface area contributed by atoms with Crippen LogP contribution in [0, 0.1) is 0 Å². The van der Waals surface area contributed by atoms with Gasteiger partial charge in [-0.25, -0.2) is 0 Å². The van der Waals surface area contributed by atoms with Gasteiger partial charge in [0.25, 0.3) is 0 Å². The molecule has 1 aliphatic rings. The van der Waals surface area contributed by atoms with Crippen LogP contribution in [0.1, 0.15) is 48.7 Å². The number of hydrogen-bond acceptors (Lipinski definition) is 3. The third-order valence-electron chi connectivity index (χ3n) is 8.26. The Balaban J connectivity index is 1.33. The van der Waals surface area contributed by atoms with Gasteiger partial charge in [0.2, 0.25) is 0 Å². The van der Waals surface area contributed by atoms with Gasteiger partial charge in [-0.2, -0.15) is 0 Å². The van der Waals surface area contributed by atoms with Crippen molar-refractivity contribution in [3.05, 3.63) is 168 Å². The fourth-order valence-corrected chi connectivity index (χ4v) is 6.26. The van der Waals surface area contributed by atoms with Crippen LogP contribution in [0.15, 0.2) is 140 Å². The number of pyridine rings is 2. The Bertz CT molecular complexity index is 1860. The van der Waals surface area contributed by atoms with Crippen molar-refractivity contribution < 1.29 is 4.74 Å². The average Bonchev–Trinajstić information content (AvgIpc) is 3.33. The molecule has 0 spiro atoms. The lowest BCUT2D eigenvalue weighted by atomic mass is 9.70. The first-order chi connectivity index (χ1) is 20.4. The maximum absolute atomic E-state index is 6.55. The molecule has 0 radical (unpaired) electrons. The number of rotatable bonds is 5. The zero-order valence-corrected chi connectivity index (χ0v) is 24.1. The van der Waals surface area contributed by atoms with Crippen molar-refractivity contribution >= 4 is 0 Å². The van der Waals surface area contributed by atoms with E-state index in [2.05, 4.69) is 129 Å². The minimum Gasteiger partial charge on any atom is -0.457 e. The highest BCUT2D eigenvalue weighted by Gasteiger charge is 2.47. The number of hydrogen-bond donors (Lipinski definition) is 0. The van der Waals surface area contributed by atoms with E-state index >= 15 is 0 Å². The van der Waals surface area contributed by atoms with E-state index < -0.39 is 5.41 Å². The highest BCUT2D eigenvalue weighted by atomic mass is 16.5. The van der Waals surface area contributed by atoms with Crippen molar-refractivity contribution in [2.45, 2.75) is 31.6 Å². The van der Waals surface area contributed by atoms with Crippen LogP contribution in [-0.2, 0) is 10.8 Å². The molecule has 2 heterocycles. The Morgan fingerprint density at radius 1 is 0.571 bits per heavy atom. The fraction of sp³-hybridized carbons (Fsp3) is 0.128. The summed E-state index contributed by atoms with van der Waals surface area (Å²) in [6, 6.07) is 44.5. The van der Waals surface area contributed by atoms with E-state index in [9.17, 15) is 0 Å². The molecule has 0 amide bonds. The minimum absolute atomic E-state index is 0.0489. The Morgan fingerprint density at radius 2 is 1.24 bits per heavy atom. The Morgan fingerprint density at radius 3 is 1.93 bits per heavy atom. The van der Waals surface area contributed by atoms with Gasteiger partial charge in [-0.1, -0.05) is 99.6 Å². The SMILES string of the molecule is CC(C)(C)c1ccnc(-c2cccc(Oc3cccc(C4(c5ccccn5)c5ccccc5-c5ccccc54)c3)c2)c1. The molecule has 6 aromatic rings. The number of nitrogens with zero attached hydrogens (tertiary/aromatic N) is 2. The maximum atomic E-state index is 6.55. The van der Waals surface area contributed by atoms with E-state index in [-0.39, 0.29) is 5.41 Å². The summed E-state index contributed by atoms with van der Waals surface area (Å²) in [6.45, 7) is 6.66. The highest BCUT2D eigenvalue weighted by Crippen LogP contribution is 2.55. The summed E-state index contributed by atoms with van der Waals surface area (Å²) < 4.78 is 6.55. The number of ether oxygens (including phenoxy) is 1. The van der Waals surface area contributed by atoms with Crippen LogP contribution < -0.4 is 4.74 Å². The summed E-state index contributed by atoms with van der Waals surface area (Å²) in [6.07, 6.45) is 3.77. The molecule has 42 heavy (non-hydrogen) atoms. The summed E-state index contributed by atoms with van der Waals surface area (Å²) in [7, 11) is 0. The molecule has 204 valence electrons. The predicted octanol–water partition coefficient (Wildman–Crippen LogP) is 9.60. The predicted molar refractivity (Wildman–Crippen MR) is 170 cm³/mol. The van der Waals surface area contributed by atoms with Crippen LogP contribution in [0.3, 0.4) is 0 Å². The average molecular weight is 545 g/mol.